The lowest BCUT2D eigenvalue weighted by molar-refractivity contribution is -0.119. The van der Waals surface area contributed by atoms with Gasteiger partial charge in [-0.3, -0.25) is 9.59 Å². The fraction of sp³-hybridized carbons (Fsp3) is 0.667. The van der Waals surface area contributed by atoms with Crippen molar-refractivity contribution in [2.75, 3.05) is 0 Å². The van der Waals surface area contributed by atoms with E-state index in [1.165, 1.54) is 0 Å². The molecule has 0 heterocycles. The van der Waals surface area contributed by atoms with E-state index in [0.29, 0.717) is 37.4 Å². The van der Waals surface area contributed by atoms with Crippen LogP contribution in [0.15, 0.2) is 11.6 Å². The van der Waals surface area contributed by atoms with E-state index in [1.54, 1.807) is 0 Å². The van der Waals surface area contributed by atoms with Crippen LogP contribution < -0.4 is 0 Å². The molecular formula is C15H18O3. The molecule has 96 valence electrons. The average molecular weight is 246 g/mol. The number of carbonyl (C=O) groups is 3. The third kappa shape index (κ3) is 1.46. The van der Waals surface area contributed by atoms with E-state index in [0.717, 1.165) is 31.1 Å². The van der Waals surface area contributed by atoms with Crippen LogP contribution in [-0.4, -0.2) is 17.9 Å². The Balaban J connectivity index is 1.99. The molecule has 2 saturated carbocycles. The van der Waals surface area contributed by atoms with Crippen LogP contribution in [0.2, 0.25) is 0 Å². The van der Waals surface area contributed by atoms with E-state index in [2.05, 4.69) is 6.08 Å². The van der Waals surface area contributed by atoms with Gasteiger partial charge in [-0.1, -0.05) is 6.08 Å². The molecule has 0 aromatic carbocycles. The molecule has 0 aromatic rings. The zero-order valence-corrected chi connectivity index (χ0v) is 10.5. The van der Waals surface area contributed by atoms with Gasteiger partial charge in [-0.15, -0.1) is 0 Å². The predicted molar refractivity (Wildman–Crippen MR) is 65.9 cm³/mol. The van der Waals surface area contributed by atoms with Crippen molar-refractivity contribution < 1.29 is 14.4 Å². The summed E-state index contributed by atoms with van der Waals surface area (Å²) < 4.78 is 0. The lowest BCUT2D eigenvalue weighted by Crippen LogP contribution is -2.35. The predicted octanol–water partition coefficient (Wildman–Crippen LogP) is 2.24. The Morgan fingerprint density at radius 3 is 2.94 bits per heavy atom. The van der Waals surface area contributed by atoms with Gasteiger partial charge in [0.05, 0.1) is 0 Å². The van der Waals surface area contributed by atoms with Crippen molar-refractivity contribution in [1.82, 2.24) is 0 Å². The van der Waals surface area contributed by atoms with E-state index in [9.17, 15) is 14.4 Å². The molecule has 0 aliphatic heterocycles. The van der Waals surface area contributed by atoms with Crippen LogP contribution in [0.3, 0.4) is 0 Å². The van der Waals surface area contributed by atoms with Crippen molar-refractivity contribution in [3.8, 4) is 0 Å². The highest BCUT2D eigenvalue weighted by molar-refractivity contribution is 6.03. The Labute approximate surface area is 107 Å². The van der Waals surface area contributed by atoms with Gasteiger partial charge in [0.25, 0.3) is 0 Å². The molecule has 0 N–H and O–H groups in total. The van der Waals surface area contributed by atoms with Crippen molar-refractivity contribution in [3.05, 3.63) is 11.6 Å². The van der Waals surface area contributed by atoms with Crippen molar-refractivity contribution in [2.45, 2.75) is 44.9 Å². The van der Waals surface area contributed by atoms with Crippen LogP contribution >= 0.6 is 0 Å². The highest BCUT2D eigenvalue weighted by Crippen LogP contribution is 2.62. The number of hydrogen-bond acceptors (Lipinski definition) is 3. The average Bonchev–Trinajstić information content (AvgIpc) is 2.77. The van der Waals surface area contributed by atoms with E-state index >= 15 is 0 Å². The molecule has 0 aromatic heterocycles. The zero-order chi connectivity index (χ0) is 12.8. The number of aldehydes is 1. The molecule has 3 aliphatic carbocycles. The van der Waals surface area contributed by atoms with Gasteiger partial charge in [0.2, 0.25) is 0 Å². The van der Waals surface area contributed by atoms with E-state index < -0.39 is 0 Å². The lowest BCUT2D eigenvalue weighted by atomic mass is 9.62. The minimum atomic E-state index is -0.185. The Morgan fingerprint density at radius 2 is 2.17 bits per heavy atom. The summed E-state index contributed by atoms with van der Waals surface area (Å²) in [4.78, 5) is 34.5. The first-order valence-corrected chi connectivity index (χ1v) is 6.87. The summed E-state index contributed by atoms with van der Waals surface area (Å²) in [5.74, 6) is 1.13. The summed E-state index contributed by atoms with van der Waals surface area (Å²) in [6, 6.07) is 0. The minimum Gasteiger partial charge on any atom is -0.303 e. The number of allylic oxidation sites excluding steroid dienone is 2. The first kappa shape index (κ1) is 11.8. The van der Waals surface area contributed by atoms with Crippen LogP contribution in [0.1, 0.15) is 44.9 Å². The smallest absolute Gasteiger partial charge is 0.159 e. The molecule has 0 amide bonds. The maximum Gasteiger partial charge on any atom is 0.159 e. The van der Waals surface area contributed by atoms with Gasteiger partial charge in [0.15, 0.2) is 5.78 Å². The van der Waals surface area contributed by atoms with Crippen LogP contribution in [0.25, 0.3) is 0 Å². The minimum absolute atomic E-state index is 0.185. The third-order valence-corrected chi connectivity index (χ3v) is 5.15. The molecule has 0 radical (unpaired) electrons. The second kappa shape index (κ2) is 4.15. The number of carbonyl (C=O) groups excluding carboxylic acids is 3. The zero-order valence-electron chi connectivity index (χ0n) is 10.5. The van der Waals surface area contributed by atoms with E-state index in [1.807, 2.05) is 0 Å². The Kier molecular flexibility index (Phi) is 2.72. The number of Topliss-reactive ketones (excluding diaryl/α,β-unsaturated/α-hetero) is 2. The van der Waals surface area contributed by atoms with Crippen LogP contribution in [0.4, 0.5) is 0 Å². The molecule has 1 unspecified atom stereocenters. The van der Waals surface area contributed by atoms with Crippen LogP contribution in [0, 0.1) is 17.3 Å². The first-order chi connectivity index (χ1) is 8.68. The largest absolute Gasteiger partial charge is 0.303 e. The van der Waals surface area contributed by atoms with Gasteiger partial charge in [-0.2, -0.15) is 0 Å². The second-order valence-corrected chi connectivity index (χ2v) is 5.92. The summed E-state index contributed by atoms with van der Waals surface area (Å²) in [7, 11) is 0. The molecule has 0 saturated heterocycles. The van der Waals surface area contributed by atoms with E-state index in [4.69, 9.17) is 0 Å². The van der Waals surface area contributed by atoms with Crippen molar-refractivity contribution in [2.24, 2.45) is 17.3 Å². The van der Waals surface area contributed by atoms with Crippen LogP contribution in [-0.2, 0) is 14.4 Å². The molecule has 3 aliphatic rings. The third-order valence-electron chi connectivity index (χ3n) is 5.15. The monoisotopic (exact) mass is 246 g/mol. The maximum absolute atomic E-state index is 12.1. The van der Waals surface area contributed by atoms with Crippen LogP contribution in [0.5, 0.6) is 0 Å². The number of rotatable bonds is 3. The van der Waals surface area contributed by atoms with E-state index in [-0.39, 0.29) is 17.1 Å². The molecule has 1 spiro atoms. The Bertz CT molecular complexity index is 449. The summed E-state index contributed by atoms with van der Waals surface area (Å²) in [5.41, 5.74) is 0.746. The molecule has 3 heteroatoms. The summed E-state index contributed by atoms with van der Waals surface area (Å²) >= 11 is 0. The quantitative estimate of drug-likeness (QED) is 0.718. The lowest BCUT2D eigenvalue weighted by Gasteiger charge is -2.41. The molecule has 2 fully saturated rings. The van der Waals surface area contributed by atoms with Gasteiger partial charge >= 0.3 is 0 Å². The molecule has 3 nitrogen and oxygen atoms in total. The van der Waals surface area contributed by atoms with Gasteiger partial charge in [0, 0.05) is 31.1 Å². The van der Waals surface area contributed by atoms with Gasteiger partial charge in [-0.25, -0.2) is 0 Å². The summed E-state index contributed by atoms with van der Waals surface area (Å²) in [5, 5.41) is 0. The SMILES string of the molecule is O=CCC[C@H]1CCC=C2C(=O)C[C@@H]3CC(=O)CC213. The van der Waals surface area contributed by atoms with Gasteiger partial charge in [0.1, 0.15) is 12.1 Å². The highest BCUT2D eigenvalue weighted by Gasteiger charge is 2.60. The molecule has 18 heavy (non-hydrogen) atoms. The Morgan fingerprint density at radius 1 is 1.33 bits per heavy atom. The highest BCUT2D eigenvalue weighted by atomic mass is 16.1. The fourth-order valence-corrected chi connectivity index (χ4v) is 4.52. The summed E-state index contributed by atoms with van der Waals surface area (Å²) in [6.45, 7) is 0. The molecule has 3 rings (SSSR count). The molecular weight excluding hydrogens is 228 g/mol. The van der Waals surface area contributed by atoms with Crippen molar-refractivity contribution in [3.63, 3.8) is 0 Å². The van der Waals surface area contributed by atoms with Crippen molar-refractivity contribution >= 4 is 17.9 Å². The Hall–Kier alpha value is -1.25. The first-order valence-electron chi connectivity index (χ1n) is 6.87. The maximum atomic E-state index is 12.1. The van der Waals surface area contributed by atoms with Crippen molar-refractivity contribution in [1.29, 1.82) is 0 Å². The second-order valence-electron chi connectivity index (χ2n) is 5.92. The fourth-order valence-electron chi connectivity index (χ4n) is 4.52. The molecule has 3 atom stereocenters. The standard InChI is InChI=1S/C15H18O3/c16-6-2-4-10-3-1-5-13-14(18)8-11-7-12(17)9-15(10,11)13/h5-6,10-11H,1-4,7-9H2/t10-,11+,15?/m1/s1. The number of hydrogen-bond donors (Lipinski definition) is 0. The van der Waals surface area contributed by atoms with Gasteiger partial charge < -0.3 is 4.79 Å². The topological polar surface area (TPSA) is 51.2 Å². The normalized spacial score (nSPS) is 38.3. The molecule has 0 bridgehead atoms. The van der Waals surface area contributed by atoms with Gasteiger partial charge in [-0.05, 0) is 36.7 Å². The number of ketones is 2. The summed E-state index contributed by atoms with van der Waals surface area (Å²) in [6.07, 6.45) is 8.01.